The predicted octanol–water partition coefficient (Wildman–Crippen LogP) is 3.02. The average molecular weight is 249 g/mol. The molecule has 0 aliphatic rings. The van der Waals surface area contributed by atoms with Crippen molar-refractivity contribution in [1.29, 1.82) is 0 Å². The first-order chi connectivity index (χ1) is 7.74. The maximum Gasteiger partial charge on any atom is 0.393 e. The highest BCUT2D eigenvalue weighted by Crippen LogP contribution is 2.32. The van der Waals surface area contributed by atoms with E-state index in [1.807, 2.05) is 0 Å². The summed E-state index contributed by atoms with van der Waals surface area (Å²) >= 11 is 0. The zero-order valence-corrected chi connectivity index (χ0v) is 9.17. The van der Waals surface area contributed by atoms with Crippen molar-refractivity contribution < 1.29 is 22.8 Å². The molecule has 1 aromatic rings. The van der Waals surface area contributed by atoms with Crippen LogP contribution in [0.3, 0.4) is 0 Å². The van der Waals surface area contributed by atoms with Crippen molar-refractivity contribution in [2.45, 2.75) is 19.5 Å². The van der Waals surface area contributed by atoms with Crippen molar-refractivity contribution in [2.24, 2.45) is 0 Å². The van der Waals surface area contributed by atoms with E-state index in [1.54, 1.807) is 0 Å². The summed E-state index contributed by atoms with van der Waals surface area (Å²) in [5, 5.41) is 10.7. The van der Waals surface area contributed by atoms with Gasteiger partial charge in [0.1, 0.15) is 0 Å². The molecule has 0 unspecified atom stereocenters. The lowest BCUT2D eigenvalue weighted by Crippen LogP contribution is -2.13. The summed E-state index contributed by atoms with van der Waals surface area (Å²) in [7, 11) is 1.23. The van der Waals surface area contributed by atoms with Gasteiger partial charge in [0.05, 0.1) is 18.5 Å². The van der Waals surface area contributed by atoms with E-state index < -0.39 is 23.2 Å². The second kappa shape index (κ2) is 4.60. The monoisotopic (exact) mass is 249 g/mol. The number of aryl methyl sites for hydroxylation is 1. The van der Waals surface area contributed by atoms with E-state index in [0.717, 1.165) is 6.07 Å². The van der Waals surface area contributed by atoms with E-state index >= 15 is 0 Å². The number of hydrogen-bond acceptors (Lipinski definition) is 3. The first-order valence-corrected chi connectivity index (χ1v) is 4.63. The van der Waals surface area contributed by atoms with Gasteiger partial charge in [-0.3, -0.25) is 10.1 Å². The van der Waals surface area contributed by atoms with Crippen LogP contribution in [0.25, 0.3) is 0 Å². The summed E-state index contributed by atoms with van der Waals surface area (Å²) in [6.45, 7) is 1.45. The molecule has 0 saturated heterocycles. The van der Waals surface area contributed by atoms with Crippen LogP contribution in [0.15, 0.2) is 12.1 Å². The van der Waals surface area contributed by atoms with Crippen molar-refractivity contribution in [3.8, 4) is 5.75 Å². The molecule has 1 rings (SSSR count). The Morgan fingerprint density at radius 1 is 1.41 bits per heavy atom. The van der Waals surface area contributed by atoms with E-state index in [-0.39, 0.29) is 11.3 Å². The number of nitro groups is 1. The third-order valence-corrected chi connectivity index (χ3v) is 2.23. The Bertz CT molecular complexity index is 443. The highest BCUT2D eigenvalue weighted by molar-refractivity contribution is 5.52. The molecule has 0 fully saturated rings. The average Bonchev–Trinajstić information content (AvgIpc) is 2.18. The first kappa shape index (κ1) is 13.3. The molecule has 0 saturated carbocycles. The van der Waals surface area contributed by atoms with Crippen LogP contribution in [0, 0.1) is 17.0 Å². The second-order valence-corrected chi connectivity index (χ2v) is 3.50. The molecule has 0 N–H and O–H groups in total. The summed E-state index contributed by atoms with van der Waals surface area (Å²) < 4.78 is 41.5. The number of nitro benzene ring substituents is 1. The summed E-state index contributed by atoms with van der Waals surface area (Å²) in [6.07, 6.45) is -5.59. The van der Waals surface area contributed by atoms with Crippen molar-refractivity contribution in [1.82, 2.24) is 0 Å². The Hall–Kier alpha value is -1.79. The molecule has 94 valence electrons. The van der Waals surface area contributed by atoms with Gasteiger partial charge in [-0.15, -0.1) is 0 Å². The lowest BCUT2D eigenvalue weighted by atomic mass is 10.0. The fraction of sp³-hybridized carbons (Fsp3) is 0.400. The Balaban J connectivity index is 3.25. The molecule has 0 aromatic heterocycles. The Morgan fingerprint density at radius 3 is 2.41 bits per heavy atom. The number of methoxy groups -OCH3 is 1. The Kier molecular flexibility index (Phi) is 3.59. The van der Waals surface area contributed by atoms with Crippen LogP contribution < -0.4 is 4.74 Å². The molecule has 0 spiro atoms. The molecule has 0 bridgehead atoms. The van der Waals surface area contributed by atoms with E-state index in [4.69, 9.17) is 4.74 Å². The van der Waals surface area contributed by atoms with Gasteiger partial charge in [0.25, 0.3) is 0 Å². The minimum atomic E-state index is -4.40. The first-order valence-electron chi connectivity index (χ1n) is 4.63. The standard InChI is InChI=1S/C10H10F3NO3/c1-6-3-9(17-2)8(14(15)16)4-7(6)5-10(11,12)13/h3-4H,5H2,1-2H3. The lowest BCUT2D eigenvalue weighted by Gasteiger charge is -2.11. The lowest BCUT2D eigenvalue weighted by molar-refractivity contribution is -0.385. The third kappa shape index (κ3) is 3.33. The zero-order valence-electron chi connectivity index (χ0n) is 9.17. The van der Waals surface area contributed by atoms with Crippen LogP contribution in [-0.4, -0.2) is 18.2 Å². The van der Waals surface area contributed by atoms with Crippen molar-refractivity contribution in [3.63, 3.8) is 0 Å². The highest BCUT2D eigenvalue weighted by atomic mass is 19.4. The number of halogens is 3. The van der Waals surface area contributed by atoms with E-state index in [9.17, 15) is 23.3 Å². The fourth-order valence-electron chi connectivity index (χ4n) is 1.43. The summed E-state index contributed by atoms with van der Waals surface area (Å²) in [4.78, 5) is 9.89. The predicted molar refractivity (Wildman–Crippen MR) is 54.1 cm³/mol. The van der Waals surface area contributed by atoms with Crippen LogP contribution in [0.1, 0.15) is 11.1 Å². The summed E-state index contributed by atoms with van der Waals surface area (Å²) in [6, 6.07) is 2.14. The van der Waals surface area contributed by atoms with Gasteiger partial charge in [0.15, 0.2) is 5.75 Å². The van der Waals surface area contributed by atoms with Crippen molar-refractivity contribution in [2.75, 3.05) is 7.11 Å². The number of ether oxygens (including phenoxy) is 1. The van der Waals surface area contributed by atoms with Gasteiger partial charge >= 0.3 is 11.9 Å². The van der Waals surface area contributed by atoms with E-state index in [1.165, 1.54) is 20.1 Å². The number of rotatable bonds is 3. The second-order valence-electron chi connectivity index (χ2n) is 3.50. The van der Waals surface area contributed by atoms with Gasteiger partial charge in [-0.05, 0) is 24.1 Å². The van der Waals surface area contributed by atoms with Gasteiger partial charge in [-0.1, -0.05) is 0 Å². The van der Waals surface area contributed by atoms with Gasteiger partial charge in [-0.2, -0.15) is 13.2 Å². The number of nitrogens with zero attached hydrogens (tertiary/aromatic N) is 1. The van der Waals surface area contributed by atoms with Crippen molar-refractivity contribution in [3.05, 3.63) is 33.4 Å². The fourth-order valence-corrected chi connectivity index (χ4v) is 1.43. The van der Waals surface area contributed by atoms with Crippen LogP contribution in [0.2, 0.25) is 0 Å². The summed E-state index contributed by atoms with van der Waals surface area (Å²) in [5.74, 6) is -0.0431. The Morgan fingerprint density at radius 2 is 2.00 bits per heavy atom. The maximum absolute atomic E-state index is 12.2. The molecule has 0 radical (unpaired) electrons. The molecule has 0 aliphatic heterocycles. The van der Waals surface area contributed by atoms with Gasteiger partial charge < -0.3 is 4.74 Å². The zero-order chi connectivity index (χ0) is 13.2. The van der Waals surface area contributed by atoms with Crippen LogP contribution in [0.4, 0.5) is 18.9 Å². The molecule has 1 aromatic carbocycles. The summed E-state index contributed by atoms with van der Waals surface area (Å²) in [5.41, 5.74) is -0.271. The van der Waals surface area contributed by atoms with Crippen LogP contribution >= 0.6 is 0 Å². The number of alkyl halides is 3. The largest absolute Gasteiger partial charge is 0.490 e. The highest BCUT2D eigenvalue weighted by Gasteiger charge is 2.30. The Labute approximate surface area is 95.2 Å². The minimum Gasteiger partial charge on any atom is -0.490 e. The molecular weight excluding hydrogens is 239 g/mol. The number of hydrogen-bond donors (Lipinski definition) is 0. The molecular formula is C10H10F3NO3. The van der Waals surface area contributed by atoms with Crippen LogP contribution in [0.5, 0.6) is 5.75 Å². The van der Waals surface area contributed by atoms with Crippen molar-refractivity contribution >= 4 is 5.69 Å². The van der Waals surface area contributed by atoms with Gasteiger partial charge in [-0.25, -0.2) is 0 Å². The normalized spacial score (nSPS) is 11.4. The molecule has 0 amide bonds. The van der Waals surface area contributed by atoms with E-state index in [0.29, 0.717) is 5.56 Å². The van der Waals surface area contributed by atoms with Gasteiger partial charge in [0, 0.05) is 6.07 Å². The maximum atomic E-state index is 12.2. The molecule has 0 aliphatic carbocycles. The third-order valence-electron chi connectivity index (χ3n) is 2.23. The minimum absolute atomic E-state index is 0.0431. The van der Waals surface area contributed by atoms with Gasteiger partial charge in [0.2, 0.25) is 0 Å². The molecule has 7 heteroatoms. The SMILES string of the molecule is COc1cc(C)c(CC(F)(F)F)cc1[N+](=O)[O-]. The molecule has 17 heavy (non-hydrogen) atoms. The number of benzene rings is 1. The molecule has 4 nitrogen and oxygen atoms in total. The molecule has 0 heterocycles. The van der Waals surface area contributed by atoms with E-state index in [2.05, 4.69) is 0 Å². The smallest absolute Gasteiger partial charge is 0.393 e. The molecule has 0 atom stereocenters. The quantitative estimate of drug-likeness (QED) is 0.611. The van der Waals surface area contributed by atoms with Crippen LogP contribution in [-0.2, 0) is 6.42 Å². The topological polar surface area (TPSA) is 52.4 Å².